The Morgan fingerprint density at radius 2 is 1.85 bits per heavy atom. The third kappa shape index (κ3) is 6.62. The van der Waals surface area contributed by atoms with Crippen molar-refractivity contribution in [2.24, 2.45) is 11.8 Å². The van der Waals surface area contributed by atoms with Gasteiger partial charge in [0.15, 0.2) is 0 Å². The minimum Gasteiger partial charge on any atom is -0.489 e. The summed E-state index contributed by atoms with van der Waals surface area (Å²) in [6.07, 6.45) is 9.70. The zero-order chi connectivity index (χ0) is 27.2. The molecule has 3 amide bonds. The summed E-state index contributed by atoms with van der Waals surface area (Å²) in [4.78, 5) is 55.8. The number of hydrogen-bond acceptors (Lipinski definition) is 7. The standard InChI is InChI=1S/C29H36N6O4/c1-32-12-14-33(15-13-32)27(36)17-22-8-11-34-19-23(22)6-4-16-39-26-7-3-2-5-24(26)20-35(21-28(34)37)29(38)25-18-30-9-10-31-25/h2-7,9-10,18,22-23H,8,11-17,19-21H2,1H3/b6-4-/t22-,23-/m0/s1. The fraction of sp³-hybridized carbons (Fsp3) is 0.483. The van der Waals surface area contributed by atoms with Crippen LogP contribution >= 0.6 is 0 Å². The topological polar surface area (TPSA) is 99.2 Å². The van der Waals surface area contributed by atoms with E-state index in [9.17, 15) is 14.4 Å². The Bertz CT molecular complexity index is 1200. The van der Waals surface area contributed by atoms with Crippen LogP contribution in [0.4, 0.5) is 0 Å². The Hall–Kier alpha value is -3.79. The first-order valence-electron chi connectivity index (χ1n) is 13.6. The Kier molecular flexibility index (Phi) is 8.51. The lowest BCUT2D eigenvalue weighted by Crippen LogP contribution is -2.50. The molecule has 0 aliphatic carbocycles. The first-order chi connectivity index (χ1) is 19.0. The molecule has 0 saturated carbocycles. The molecule has 206 valence electrons. The molecule has 2 bridgehead atoms. The Morgan fingerprint density at radius 1 is 1.03 bits per heavy atom. The van der Waals surface area contributed by atoms with Crippen molar-refractivity contribution in [2.75, 3.05) is 59.5 Å². The van der Waals surface area contributed by atoms with Gasteiger partial charge in [0.25, 0.3) is 5.91 Å². The molecule has 5 rings (SSSR count). The molecular weight excluding hydrogens is 496 g/mol. The van der Waals surface area contributed by atoms with Gasteiger partial charge in [0.1, 0.15) is 24.6 Å². The molecule has 1 aromatic heterocycles. The summed E-state index contributed by atoms with van der Waals surface area (Å²) >= 11 is 0. The fourth-order valence-corrected chi connectivity index (χ4v) is 5.52. The van der Waals surface area contributed by atoms with Crippen molar-refractivity contribution in [2.45, 2.75) is 19.4 Å². The number of hydrogen-bond donors (Lipinski definition) is 0. The maximum Gasteiger partial charge on any atom is 0.274 e. The molecule has 3 aliphatic rings. The second-order valence-electron chi connectivity index (χ2n) is 10.5. The van der Waals surface area contributed by atoms with Gasteiger partial charge in [0.2, 0.25) is 11.8 Å². The number of piperazine rings is 1. The normalized spacial score (nSPS) is 23.5. The number of ether oxygens (including phenoxy) is 1. The highest BCUT2D eigenvalue weighted by Crippen LogP contribution is 2.30. The van der Waals surface area contributed by atoms with Gasteiger partial charge in [-0.15, -0.1) is 0 Å². The average Bonchev–Trinajstić information content (AvgIpc) is 2.97. The predicted octanol–water partition coefficient (Wildman–Crippen LogP) is 1.70. The summed E-state index contributed by atoms with van der Waals surface area (Å²) in [6.45, 7) is 4.87. The van der Waals surface area contributed by atoms with Gasteiger partial charge in [0, 0.05) is 63.6 Å². The van der Waals surface area contributed by atoms with E-state index in [0.29, 0.717) is 31.9 Å². The van der Waals surface area contributed by atoms with Crippen LogP contribution in [0, 0.1) is 11.8 Å². The molecule has 0 N–H and O–H groups in total. The summed E-state index contributed by atoms with van der Waals surface area (Å²) in [5.41, 5.74) is 0.998. The number of likely N-dealkylation sites (N-methyl/N-ethyl adjacent to an activating group) is 1. The number of amides is 3. The molecular formula is C29H36N6O4. The second kappa shape index (κ2) is 12.4. The first-order valence-corrected chi connectivity index (χ1v) is 13.6. The zero-order valence-corrected chi connectivity index (χ0v) is 22.4. The third-order valence-electron chi connectivity index (χ3n) is 7.90. The first kappa shape index (κ1) is 26.8. The molecule has 1 aromatic carbocycles. The maximum atomic E-state index is 13.6. The van der Waals surface area contributed by atoms with E-state index in [-0.39, 0.29) is 48.3 Å². The van der Waals surface area contributed by atoms with Crippen LogP contribution in [0.25, 0.3) is 0 Å². The predicted molar refractivity (Wildman–Crippen MR) is 145 cm³/mol. The molecule has 0 unspecified atom stereocenters. The van der Waals surface area contributed by atoms with Crippen molar-refractivity contribution in [1.82, 2.24) is 29.6 Å². The van der Waals surface area contributed by atoms with E-state index >= 15 is 0 Å². The number of carbonyl (C=O) groups excluding carboxylic acids is 3. The van der Waals surface area contributed by atoms with E-state index in [0.717, 1.165) is 38.2 Å². The number of nitrogens with zero attached hydrogens (tertiary/aromatic N) is 6. The number of para-hydroxylation sites is 1. The zero-order valence-electron chi connectivity index (χ0n) is 22.4. The van der Waals surface area contributed by atoms with Crippen molar-refractivity contribution in [1.29, 1.82) is 0 Å². The van der Waals surface area contributed by atoms with E-state index in [4.69, 9.17) is 4.74 Å². The van der Waals surface area contributed by atoms with Crippen LogP contribution in [0.15, 0.2) is 55.0 Å². The summed E-state index contributed by atoms with van der Waals surface area (Å²) in [5, 5.41) is 0. The number of carbonyl (C=O) groups is 3. The van der Waals surface area contributed by atoms with Crippen LogP contribution in [0.5, 0.6) is 5.75 Å². The Balaban J connectivity index is 1.36. The molecule has 10 heteroatoms. The minimum atomic E-state index is -0.358. The van der Waals surface area contributed by atoms with Gasteiger partial charge in [-0.05, 0) is 31.4 Å². The molecule has 0 spiro atoms. The van der Waals surface area contributed by atoms with Gasteiger partial charge >= 0.3 is 0 Å². The van der Waals surface area contributed by atoms with Crippen molar-refractivity contribution >= 4 is 17.7 Å². The molecule has 2 saturated heterocycles. The lowest BCUT2D eigenvalue weighted by molar-refractivity contribution is -0.136. The molecule has 2 atom stereocenters. The highest BCUT2D eigenvalue weighted by Gasteiger charge is 2.34. The van der Waals surface area contributed by atoms with Gasteiger partial charge in [-0.25, -0.2) is 4.98 Å². The number of aromatic nitrogens is 2. The smallest absolute Gasteiger partial charge is 0.274 e. The number of piperidine rings is 1. The Morgan fingerprint density at radius 3 is 2.64 bits per heavy atom. The molecule has 2 aromatic rings. The largest absolute Gasteiger partial charge is 0.489 e. The van der Waals surface area contributed by atoms with E-state index in [1.807, 2.05) is 40.1 Å². The van der Waals surface area contributed by atoms with E-state index in [1.165, 1.54) is 23.5 Å². The SMILES string of the molecule is CN1CCN(C(=O)C[C@@H]2CCN3C[C@@H]2/C=C\COc2ccccc2CN(C(=O)c2cnccn2)CC3=O)CC1. The Labute approximate surface area is 229 Å². The van der Waals surface area contributed by atoms with Gasteiger partial charge in [-0.3, -0.25) is 19.4 Å². The van der Waals surface area contributed by atoms with Crippen molar-refractivity contribution in [3.8, 4) is 5.75 Å². The van der Waals surface area contributed by atoms with Crippen molar-refractivity contribution in [3.05, 3.63) is 66.3 Å². The quantitative estimate of drug-likeness (QED) is 0.555. The van der Waals surface area contributed by atoms with Gasteiger partial charge in [-0.2, -0.15) is 0 Å². The summed E-state index contributed by atoms with van der Waals surface area (Å²) in [5.74, 6) is 0.552. The van der Waals surface area contributed by atoms with Crippen LogP contribution < -0.4 is 4.74 Å². The highest BCUT2D eigenvalue weighted by atomic mass is 16.5. The summed E-state index contributed by atoms with van der Waals surface area (Å²) < 4.78 is 6.09. The molecule has 2 fully saturated rings. The van der Waals surface area contributed by atoms with Crippen molar-refractivity contribution < 1.29 is 19.1 Å². The van der Waals surface area contributed by atoms with Crippen molar-refractivity contribution in [3.63, 3.8) is 0 Å². The van der Waals surface area contributed by atoms with E-state index in [2.05, 4.69) is 28.0 Å². The lowest BCUT2D eigenvalue weighted by atomic mass is 9.82. The molecule has 4 heterocycles. The minimum absolute atomic E-state index is 0.0304. The van der Waals surface area contributed by atoms with Gasteiger partial charge in [0.05, 0.1) is 12.7 Å². The average molecular weight is 533 g/mol. The van der Waals surface area contributed by atoms with E-state index in [1.54, 1.807) is 0 Å². The fourth-order valence-electron chi connectivity index (χ4n) is 5.52. The van der Waals surface area contributed by atoms with Crippen LogP contribution in [0.3, 0.4) is 0 Å². The second-order valence-corrected chi connectivity index (χ2v) is 10.5. The van der Waals surface area contributed by atoms with E-state index < -0.39 is 0 Å². The third-order valence-corrected chi connectivity index (χ3v) is 7.90. The molecule has 10 nitrogen and oxygen atoms in total. The lowest BCUT2D eigenvalue weighted by Gasteiger charge is -2.39. The van der Waals surface area contributed by atoms with Crippen LogP contribution in [0.1, 0.15) is 28.9 Å². The molecule has 0 radical (unpaired) electrons. The highest BCUT2D eigenvalue weighted by molar-refractivity contribution is 5.94. The van der Waals surface area contributed by atoms with Gasteiger partial charge < -0.3 is 24.3 Å². The number of benzene rings is 1. The number of fused-ring (bicyclic) bond motifs is 3. The summed E-state index contributed by atoms with van der Waals surface area (Å²) in [6, 6.07) is 7.55. The van der Waals surface area contributed by atoms with Gasteiger partial charge in [-0.1, -0.05) is 30.4 Å². The van der Waals surface area contributed by atoms with Crippen LogP contribution in [-0.2, 0) is 16.1 Å². The monoisotopic (exact) mass is 532 g/mol. The number of rotatable bonds is 3. The molecule has 3 aliphatic heterocycles. The van der Waals surface area contributed by atoms with Crippen LogP contribution in [-0.4, -0.2) is 107 Å². The van der Waals surface area contributed by atoms with Crippen LogP contribution in [0.2, 0.25) is 0 Å². The maximum absolute atomic E-state index is 13.6. The molecule has 39 heavy (non-hydrogen) atoms. The summed E-state index contributed by atoms with van der Waals surface area (Å²) in [7, 11) is 2.08.